The molecule has 0 bridgehead atoms. The Labute approximate surface area is 131 Å². The second-order valence-electron chi connectivity index (χ2n) is 5.68. The number of hydrogen-bond acceptors (Lipinski definition) is 5. The minimum Gasteiger partial charge on any atom is -0.481 e. The molecule has 1 aromatic heterocycles. The molecule has 0 amide bonds. The molecule has 23 heavy (non-hydrogen) atoms. The molecule has 0 spiro atoms. The van der Waals surface area contributed by atoms with E-state index < -0.39 is 29.4 Å². The number of aliphatic carboxylic acids is 1. The van der Waals surface area contributed by atoms with Crippen LogP contribution < -0.4 is 4.90 Å². The van der Waals surface area contributed by atoms with Gasteiger partial charge in [-0.05, 0) is 18.9 Å². The number of carbonyl (C=O) groups is 1. The van der Waals surface area contributed by atoms with Crippen molar-refractivity contribution >= 4 is 11.9 Å². The Morgan fingerprint density at radius 2 is 2.22 bits per heavy atom. The Kier molecular flexibility index (Phi) is 4.79. The lowest BCUT2D eigenvalue weighted by Crippen LogP contribution is -2.56. The summed E-state index contributed by atoms with van der Waals surface area (Å²) in [6, 6.07) is 0.763. The maximum Gasteiger partial charge on any atom is 0.433 e. The van der Waals surface area contributed by atoms with Crippen LogP contribution in [0, 0.1) is 5.41 Å². The molecule has 2 heterocycles. The fraction of sp³-hybridized carbons (Fsp3) is 0.643. The highest BCUT2D eigenvalue weighted by Gasteiger charge is 2.49. The lowest BCUT2D eigenvalue weighted by atomic mass is 9.74. The van der Waals surface area contributed by atoms with Crippen LogP contribution in [-0.2, 0) is 11.0 Å². The molecule has 1 aliphatic rings. The highest BCUT2D eigenvalue weighted by atomic mass is 19.4. The van der Waals surface area contributed by atoms with Gasteiger partial charge in [0.2, 0.25) is 5.95 Å². The van der Waals surface area contributed by atoms with Gasteiger partial charge in [0.1, 0.15) is 11.1 Å². The number of anilines is 1. The number of carboxylic acid groups (broad SMARTS) is 1. The molecule has 2 atom stereocenters. The van der Waals surface area contributed by atoms with Gasteiger partial charge in [-0.3, -0.25) is 4.79 Å². The first-order valence-corrected chi connectivity index (χ1v) is 7.27. The first-order valence-electron chi connectivity index (χ1n) is 7.27. The molecule has 1 aliphatic heterocycles. The van der Waals surface area contributed by atoms with Crippen molar-refractivity contribution in [2.24, 2.45) is 5.41 Å². The van der Waals surface area contributed by atoms with Crippen LogP contribution in [-0.4, -0.2) is 45.3 Å². The van der Waals surface area contributed by atoms with Crippen LogP contribution in [0.25, 0.3) is 0 Å². The highest BCUT2D eigenvalue weighted by molar-refractivity contribution is 5.76. The van der Waals surface area contributed by atoms with Gasteiger partial charge in [-0.1, -0.05) is 13.3 Å². The van der Waals surface area contributed by atoms with Gasteiger partial charge in [0.05, 0.1) is 6.10 Å². The SMILES string of the molecule is CCC[C@@]1(C(=O)O)CN(c2nccc(C(F)(F)F)n2)CC[C@@H]1O. The monoisotopic (exact) mass is 333 g/mol. The summed E-state index contributed by atoms with van der Waals surface area (Å²) >= 11 is 0. The topological polar surface area (TPSA) is 86.5 Å². The summed E-state index contributed by atoms with van der Waals surface area (Å²) in [5.41, 5.74) is -2.50. The number of piperidine rings is 1. The summed E-state index contributed by atoms with van der Waals surface area (Å²) in [5, 5.41) is 19.7. The Bertz CT molecular complexity index is 582. The molecule has 1 aromatic rings. The number of alkyl halides is 3. The fourth-order valence-corrected chi connectivity index (χ4v) is 2.92. The molecule has 0 saturated carbocycles. The van der Waals surface area contributed by atoms with Crippen LogP contribution >= 0.6 is 0 Å². The summed E-state index contributed by atoms with van der Waals surface area (Å²) in [6.07, 6.45) is -3.77. The first-order chi connectivity index (χ1) is 10.7. The van der Waals surface area contributed by atoms with E-state index in [1.807, 2.05) is 0 Å². The predicted molar refractivity (Wildman–Crippen MR) is 74.8 cm³/mol. The zero-order valence-corrected chi connectivity index (χ0v) is 12.5. The van der Waals surface area contributed by atoms with Crippen LogP contribution in [0.3, 0.4) is 0 Å². The van der Waals surface area contributed by atoms with E-state index in [1.165, 1.54) is 4.90 Å². The van der Waals surface area contributed by atoms with Crippen LogP contribution in [0.2, 0.25) is 0 Å². The van der Waals surface area contributed by atoms with Gasteiger partial charge < -0.3 is 15.1 Å². The molecule has 6 nitrogen and oxygen atoms in total. The van der Waals surface area contributed by atoms with E-state index in [2.05, 4.69) is 9.97 Å². The van der Waals surface area contributed by atoms with Gasteiger partial charge in [0.25, 0.3) is 0 Å². The number of aliphatic hydroxyl groups is 1. The molecule has 128 valence electrons. The van der Waals surface area contributed by atoms with Crippen molar-refractivity contribution in [1.29, 1.82) is 0 Å². The van der Waals surface area contributed by atoms with Crippen molar-refractivity contribution in [2.45, 2.75) is 38.5 Å². The van der Waals surface area contributed by atoms with Gasteiger partial charge >= 0.3 is 12.1 Å². The van der Waals surface area contributed by atoms with Gasteiger partial charge in [-0.15, -0.1) is 0 Å². The third-order valence-corrected chi connectivity index (χ3v) is 4.12. The second kappa shape index (κ2) is 6.31. The predicted octanol–water partition coefficient (Wildman–Crippen LogP) is 1.94. The maximum atomic E-state index is 12.8. The zero-order chi connectivity index (χ0) is 17.3. The van der Waals surface area contributed by atoms with Gasteiger partial charge in [-0.2, -0.15) is 13.2 Å². The standard InChI is InChI=1S/C14H18F3N3O3/c1-2-5-13(11(22)23)8-20(7-4-10(13)21)12-18-6-3-9(19-12)14(15,16)17/h3,6,10,21H,2,4-5,7-8H2,1H3,(H,22,23)/t10-,13+/m0/s1. The largest absolute Gasteiger partial charge is 0.481 e. The van der Waals surface area contributed by atoms with Crippen molar-refractivity contribution in [3.8, 4) is 0 Å². The molecule has 2 rings (SSSR count). The normalized spacial score (nSPS) is 25.4. The first kappa shape index (κ1) is 17.5. The summed E-state index contributed by atoms with van der Waals surface area (Å²) in [4.78, 5) is 20.4. The maximum absolute atomic E-state index is 12.8. The molecular weight excluding hydrogens is 315 g/mol. The van der Waals surface area contributed by atoms with Crippen LogP contribution in [0.5, 0.6) is 0 Å². The van der Waals surface area contributed by atoms with E-state index in [9.17, 15) is 28.2 Å². The average molecular weight is 333 g/mol. The Balaban J connectivity index is 2.33. The summed E-state index contributed by atoms with van der Waals surface area (Å²) in [5.74, 6) is -1.34. The van der Waals surface area contributed by atoms with Crippen molar-refractivity contribution in [3.05, 3.63) is 18.0 Å². The van der Waals surface area contributed by atoms with E-state index in [0.717, 1.165) is 12.3 Å². The van der Waals surface area contributed by atoms with Crippen molar-refractivity contribution in [3.63, 3.8) is 0 Å². The van der Waals surface area contributed by atoms with Gasteiger partial charge in [-0.25, -0.2) is 9.97 Å². The average Bonchev–Trinajstić information content (AvgIpc) is 2.49. The summed E-state index contributed by atoms with van der Waals surface area (Å²) in [7, 11) is 0. The Morgan fingerprint density at radius 1 is 1.52 bits per heavy atom. The van der Waals surface area contributed by atoms with E-state index >= 15 is 0 Å². The lowest BCUT2D eigenvalue weighted by Gasteiger charge is -2.43. The van der Waals surface area contributed by atoms with Crippen molar-refractivity contribution < 1.29 is 28.2 Å². The number of aromatic nitrogens is 2. The van der Waals surface area contributed by atoms with E-state index in [0.29, 0.717) is 6.42 Å². The number of rotatable bonds is 4. The third-order valence-electron chi connectivity index (χ3n) is 4.12. The number of hydrogen-bond donors (Lipinski definition) is 2. The second-order valence-corrected chi connectivity index (χ2v) is 5.68. The molecule has 1 saturated heterocycles. The number of aliphatic hydroxyl groups excluding tert-OH is 1. The van der Waals surface area contributed by atoms with Crippen LogP contribution in [0.15, 0.2) is 12.3 Å². The minimum atomic E-state index is -4.60. The molecule has 0 aromatic carbocycles. The molecule has 0 aliphatic carbocycles. The molecule has 2 N–H and O–H groups in total. The Morgan fingerprint density at radius 3 is 2.78 bits per heavy atom. The zero-order valence-electron chi connectivity index (χ0n) is 12.5. The van der Waals surface area contributed by atoms with Crippen LogP contribution in [0.4, 0.5) is 19.1 Å². The highest BCUT2D eigenvalue weighted by Crippen LogP contribution is 2.37. The van der Waals surface area contributed by atoms with Gasteiger partial charge in [0, 0.05) is 19.3 Å². The van der Waals surface area contributed by atoms with E-state index in [-0.39, 0.29) is 31.9 Å². The van der Waals surface area contributed by atoms with Crippen molar-refractivity contribution in [2.75, 3.05) is 18.0 Å². The minimum absolute atomic E-state index is 0.126. The molecular formula is C14H18F3N3O3. The molecule has 9 heteroatoms. The quantitative estimate of drug-likeness (QED) is 0.876. The lowest BCUT2D eigenvalue weighted by molar-refractivity contribution is -0.158. The number of carboxylic acids is 1. The van der Waals surface area contributed by atoms with Gasteiger partial charge in [0.15, 0.2) is 0 Å². The summed E-state index contributed by atoms with van der Waals surface area (Å²) in [6.45, 7) is 1.86. The number of halogens is 3. The number of nitrogens with zero attached hydrogens (tertiary/aromatic N) is 3. The smallest absolute Gasteiger partial charge is 0.433 e. The van der Waals surface area contributed by atoms with Crippen molar-refractivity contribution in [1.82, 2.24) is 9.97 Å². The van der Waals surface area contributed by atoms with Crippen LogP contribution in [0.1, 0.15) is 31.9 Å². The molecule has 0 radical (unpaired) electrons. The third kappa shape index (κ3) is 3.39. The summed E-state index contributed by atoms with van der Waals surface area (Å²) < 4.78 is 38.3. The Hall–Kier alpha value is -1.90. The van der Waals surface area contributed by atoms with E-state index in [4.69, 9.17) is 0 Å². The molecule has 0 unspecified atom stereocenters. The fourth-order valence-electron chi connectivity index (χ4n) is 2.92. The van der Waals surface area contributed by atoms with E-state index in [1.54, 1.807) is 6.92 Å². The molecule has 1 fully saturated rings.